The molecule has 1 atom stereocenters. The van der Waals surface area contributed by atoms with Crippen molar-refractivity contribution in [3.05, 3.63) is 22.9 Å². The average molecular weight is 342 g/mol. The summed E-state index contributed by atoms with van der Waals surface area (Å²) in [6, 6.07) is 4.36. The van der Waals surface area contributed by atoms with Crippen molar-refractivity contribution < 1.29 is 9.53 Å². The number of ether oxygens (including phenoxy) is 1. The van der Waals surface area contributed by atoms with Crippen LogP contribution >= 0.6 is 0 Å². The monoisotopic (exact) mass is 342 g/mol. The van der Waals surface area contributed by atoms with Crippen molar-refractivity contribution >= 4 is 11.7 Å². The number of piperazine rings is 1. The maximum Gasteiger partial charge on any atom is 0.225 e. The van der Waals surface area contributed by atoms with Gasteiger partial charge in [0.1, 0.15) is 11.9 Å². The third-order valence-electron chi connectivity index (χ3n) is 5.08. The lowest BCUT2D eigenvalue weighted by molar-refractivity contribution is -0.134. The van der Waals surface area contributed by atoms with Gasteiger partial charge in [-0.15, -0.1) is 0 Å². The summed E-state index contributed by atoms with van der Waals surface area (Å²) in [6.45, 7) is 6.61. The van der Waals surface area contributed by atoms with Crippen LogP contribution in [0.4, 0.5) is 5.82 Å². The number of methoxy groups -OCH3 is 1. The fourth-order valence-corrected chi connectivity index (χ4v) is 3.56. The van der Waals surface area contributed by atoms with Crippen molar-refractivity contribution in [2.75, 3.05) is 38.3 Å². The number of nitriles is 1. The largest absolute Gasteiger partial charge is 0.384 e. The molecule has 3 rings (SSSR count). The van der Waals surface area contributed by atoms with Gasteiger partial charge in [-0.3, -0.25) is 4.79 Å². The molecule has 1 saturated heterocycles. The molecule has 1 aliphatic carbocycles. The molecular weight excluding hydrogens is 316 g/mol. The van der Waals surface area contributed by atoms with Gasteiger partial charge in [-0.1, -0.05) is 0 Å². The summed E-state index contributed by atoms with van der Waals surface area (Å²) >= 11 is 0. The standard InChI is InChI=1S/C19H26N4O2/c1-13-10-16(11-20)19(21-18(13)15-4-5-15)22-7-8-23(14(2)12-22)17(24)6-9-25-3/h10,14-15H,4-9,12H2,1-3H3/t14-/m1/s1. The van der Waals surface area contributed by atoms with Gasteiger partial charge in [0, 0.05) is 44.4 Å². The Hall–Kier alpha value is -2.13. The first-order valence-corrected chi connectivity index (χ1v) is 9.00. The molecule has 2 heterocycles. The third kappa shape index (κ3) is 3.77. The number of nitrogens with zero attached hydrogens (tertiary/aromatic N) is 4. The van der Waals surface area contributed by atoms with Gasteiger partial charge >= 0.3 is 0 Å². The highest BCUT2D eigenvalue weighted by molar-refractivity contribution is 5.77. The molecule has 0 radical (unpaired) electrons. The number of carbonyl (C=O) groups is 1. The molecule has 0 bridgehead atoms. The number of amides is 1. The van der Waals surface area contributed by atoms with E-state index < -0.39 is 0 Å². The van der Waals surface area contributed by atoms with Crippen LogP contribution in [0.3, 0.4) is 0 Å². The zero-order valence-electron chi connectivity index (χ0n) is 15.3. The SMILES string of the molecule is COCCC(=O)N1CCN(c2nc(C3CC3)c(C)cc2C#N)C[C@H]1C. The summed E-state index contributed by atoms with van der Waals surface area (Å²) in [5, 5.41) is 9.53. The number of aromatic nitrogens is 1. The van der Waals surface area contributed by atoms with E-state index in [0.717, 1.165) is 17.1 Å². The molecule has 6 heteroatoms. The molecule has 134 valence electrons. The number of hydrogen-bond donors (Lipinski definition) is 0. The molecule has 2 fully saturated rings. The lowest BCUT2D eigenvalue weighted by Crippen LogP contribution is -2.54. The molecule has 0 N–H and O–H groups in total. The van der Waals surface area contributed by atoms with Crippen molar-refractivity contribution in [3.8, 4) is 6.07 Å². The highest BCUT2D eigenvalue weighted by atomic mass is 16.5. The molecule has 1 aromatic rings. The fraction of sp³-hybridized carbons (Fsp3) is 0.632. The molecule has 2 aliphatic rings. The van der Waals surface area contributed by atoms with Gasteiger partial charge in [0.2, 0.25) is 5.91 Å². The quantitative estimate of drug-likeness (QED) is 0.820. The van der Waals surface area contributed by atoms with Gasteiger partial charge in [0.25, 0.3) is 0 Å². The summed E-state index contributed by atoms with van der Waals surface area (Å²) in [6.07, 6.45) is 2.80. The lowest BCUT2D eigenvalue weighted by Gasteiger charge is -2.41. The maximum atomic E-state index is 12.3. The zero-order valence-corrected chi connectivity index (χ0v) is 15.3. The minimum absolute atomic E-state index is 0.0946. The van der Waals surface area contributed by atoms with E-state index in [9.17, 15) is 10.1 Å². The summed E-state index contributed by atoms with van der Waals surface area (Å²) in [4.78, 5) is 21.2. The molecule has 1 amide bonds. The van der Waals surface area contributed by atoms with Crippen LogP contribution in [0, 0.1) is 18.3 Å². The predicted molar refractivity (Wildman–Crippen MR) is 95.5 cm³/mol. The Balaban J connectivity index is 1.76. The fourth-order valence-electron chi connectivity index (χ4n) is 3.56. The Kier molecular flexibility index (Phi) is 5.24. The first-order chi connectivity index (χ1) is 12.0. The summed E-state index contributed by atoms with van der Waals surface area (Å²) in [5.74, 6) is 1.47. The Labute approximate surface area is 149 Å². The zero-order chi connectivity index (χ0) is 18.0. The number of carbonyl (C=O) groups excluding carboxylic acids is 1. The van der Waals surface area contributed by atoms with Gasteiger partial charge in [-0.25, -0.2) is 4.98 Å². The van der Waals surface area contributed by atoms with Crippen molar-refractivity contribution in [1.82, 2.24) is 9.88 Å². The van der Waals surface area contributed by atoms with Crippen LogP contribution in [-0.4, -0.2) is 55.2 Å². The highest BCUT2D eigenvalue weighted by Gasteiger charge is 2.31. The second kappa shape index (κ2) is 7.40. The van der Waals surface area contributed by atoms with Crippen LogP contribution in [0.5, 0.6) is 0 Å². The molecule has 6 nitrogen and oxygen atoms in total. The number of anilines is 1. The molecular formula is C19H26N4O2. The summed E-state index contributed by atoms with van der Waals surface area (Å²) < 4.78 is 5.01. The molecule has 0 spiro atoms. The van der Waals surface area contributed by atoms with Crippen LogP contribution < -0.4 is 4.90 Å². The van der Waals surface area contributed by atoms with Gasteiger partial charge in [-0.2, -0.15) is 5.26 Å². The van der Waals surface area contributed by atoms with E-state index in [-0.39, 0.29) is 11.9 Å². The van der Waals surface area contributed by atoms with Crippen LogP contribution in [0.25, 0.3) is 0 Å². The average Bonchev–Trinajstić information content (AvgIpc) is 3.44. The summed E-state index contributed by atoms with van der Waals surface area (Å²) in [5.41, 5.74) is 2.89. The number of aryl methyl sites for hydroxylation is 1. The van der Waals surface area contributed by atoms with Gasteiger partial charge in [0.05, 0.1) is 18.6 Å². The van der Waals surface area contributed by atoms with Gasteiger partial charge in [0.15, 0.2) is 0 Å². The van der Waals surface area contributed by atoms with E-state index in [4.69, 9.17) is 9.72 Å². The van der Waals surface area contributed by atoms with E-state index in [1.54, 1.807) is 7.11 Å². The molecule has 25 heavy (non-hydrogen) atoms. The van der Waals surface area contributed by atoms with Gasteiger partial charge in [-0.05, 0) is 38.3 Å². The van der Waals surface area contributed by atoms with E-state index in [1.165, 1.54) is 12.8 Å². The maximum absolute atomic E-state index is 12.3. The molecule has 1 aliphatic heterocycles. The number of pyridine rings is 1. The normalized spacial score (nSPS) is 20.5. The highest BCUT2D eigenvalue weighted by Crippen LogP contribution is 2.41. The Bertz CT molecular complexity index is 693. The van der Waals surface area contributed by atoms with Crippen molar-refractivity contribution in [2.45, 2.75) is 45.1 Å². The second-order valence-electron chi connectivity index (χ2n) is 7.07. The Morgan fingerprint density at radius 2 is 2.20 bits per heavy atom. The summed E-state index contributed by atoms with van der Waals surface area (Å²) in [7, 11) is 1.61. The van der Waals surface area contributed by atoms with E-state index in [2.05, 4.69) is 17.9 Å². The van der Waals surface area contributed by atoms with Crippen LogP contribution in [-0.2, 0) is 9.53 Å². The second-order valence-corrected chi connectivity index (χ2v) is 7.07. The molecule has 1 aromatic heterocycles. The molecule has 0 aromatic carbocycles. The Morgan fingerprint density at radius 3 is 2.80 bits per heavy atom. The van der Waals surface area contributed by atoms with Crippen LogP contribution in [0.15, 0.2) is 6.07 Å². The molecule has 1 saturated carbocycles. The first kappa shape index (κ1) is 17.7. The van der Waals surface area contributed by atoms with E-state index >= 15 is 0 Å². The topological polar surface area (TPSA) is 69.5 Å². The Morgan fingerprint density at radius 1 is 1.44 bits per heavy atom. The van der Waals surface area contributed by atoms with Crippen molar-refractivity contribution in [2.24, 2.45) is 0 Å². The minimum Gasteiger partial charge on any atom is -0.384 e. The third-order valence-corrected chi connectivity index (χ3v) is 5.08. The van der Waals surface area contributed by atoms with E-state index in [1.807, 2.05) is 17.9 Å². The lowest BCUT2D eigenvalue weighted by atomic mass is 10.1. The van der Waals surface area contributed by atoms with E-state index in [0.29, 0.717) is 44.1 Å². The smallest absolute Gasteiger partial charge is 0.225 e. The number of hydrogen-bond acceptors (Lipinski definition) is 5. The number of rotatable bonds is 5. The van der Waals surface area contributed by atoms with Crippen molar-refractivity contribution in [1.29, 1.82) is 5.26 Å². The first-order valence-electron chi connectivity index (χ1n) is 9.00. The minimum atomic E-state index is 0.0946. The molecule has 0 unspecified atom stereocenters. The van der Waals surface area contributed by atoms with Crippen LogP contribution in [0.2, 0.25) is 0 Å². The van der Waals surface area contributed by atoms with Gasteiger partial charge < -0.3 is 14.5 Å². The van der Waals surface area contributed by atoms with Crippen molar-refractivity contribution in [3.63, 3.8) is 0 Å². The van der Waals surface area contributed by atoms with Crippen LogP contribution in [0.1, 0.15) is 48.9 Å². The predicted octanol–water partition coefficient (Wildman–Crippen LogP) is 2.21.